The van der Waals surface area contributed by atoms with Crippen LogP contribution in [0.1, 0.15) is 85.0 Å². The molecule has 7 nitrogen and oxygen atoms in total. The second-order valence-electron chi connectivity index (χ2n) is 13.9. The van der Waals surface area contributed by atoms with Crippen LogP contribution in [0.2, 0.25) is 0 Å². The predicted octanol–water partition coefficient (Wildman–Crippen LogP) is 4.37. The van der Waals surface area contributed by atoms with E-state index in [-0.39, 0.29) is 53.4 Å². The molecule has 0 unspecified atom stereocenters. The van der Waals surface area contributed by atoms with Crippen molar-refractivity contribution in [2.24, 2.45) is 34.5 Å². The van der Waals surface area contributed by atoms with Crippen molar-refractivity contribution in [1.29, 1.82) is 0 Å². The number of carbonyl (C=O) groups is 1. The molecule has 2 N–H and O–H groups in total. The summed E-state index contributed by atoms with van der Waals surface area (Å²) in [6.07, 6.45) is 12.2. The van der Waals surface area contributed by atoms with Gasteiger partial charge in [0.05, 0.1) is 30.0 Å². The number of carbonyl (C=O) groups excluding carboxylic acids is 1. The molecule has 0 spiro atoms. The number of nitrogens with one attached hydrogen (secondary N) is 1. The number of hydrogen-bond acceptors (Lipinski definition) is 7. The van der Waals surface area contributed by atoms with Gasteiger partial charge in [0.25, 0.3) is 0 Å². The summed E-state index contributed by atoms with van der Waals surface area (Å²) in [5, 5.41) is 15.8. The largest absolute Gasteiger partial charge is 0.458 e. The van der Waals surface area contributed by atoms with E-state index in [4.69, 9.17) is 18.9 Å². The van der Waals surface area contributed by atoms with Crippen molar-refractivity contribution < 1.29 is 28.8 Å². The molecule has 0 amide bonds. The molecule has 5 fully saturated rings. The van der Waals surface area contributed by atoms with E-state index in [0.717, 1.165) is 63.4 Å². The normalized spacial score (nSPS) is 52.5. The van der Waals surface area contributed by atoms with Crippen LogP contribution in [0.3, 0.4) is 0 Å². The van der Waals surface area contributed by atoms with Crippen LogP contribution in [-0.2, 0) is 23.7 Å². The van der Waals surface area contributed by atoms with Crippen LogP contribution >= 0.6 is 0 Å². The van der Waals surface area contributed by atoms with Crippen LogP contribution in [0.25, 0.3) is 0 Å². The maximum absolute atomic E-state index is 12.4. The summed E-state index contributed by atoms with van der Waals surface area (Å²) in [6.45, 7) is 7.34. The zero-order valence-corrected chi connectivity index (χ0v) is 24.0. The highest BCUT2D eigenvalue weighted by Crippen LogP contribution is 2.70. The van der Waals surface area contributed by atoms with Crippen LogP contribution in [0.4, 0.5) is 0 Å². The summed E-state index contributed by atoms with van der Waals surface area (Å²) < 4.78 is 23.9. The van der Waals surface area contributed by atoms with E-state index >= 15 is 0 Å². The number of hydrogen-bond donors (Lipinski definition) is 2. The number of rotatable bonds is 5. The summed E-state index contributed by atoms with van der Waals surface area (Å²) in [5.41, 5.74) is 0.534. The number of likely N-dealkylation sites (N-methyl/N-ethyl adjacent to an activating group) is 1. The monoisotopic (exact) mass is 531 g/mol. The van der Waals surface area contributed by atoms with Gasteiger partial charge in [-0.25, -0.2) is 4.79 Å². The van der Waals surface area contributed by atoms with E-state index < -0.39 is 5.60 Å². The molecule has 6 aliphatic rings. The van der Waals surface area contributed by atoms with Crippen molar-refractivity contribution in [1.82, 2.24) is 5.32 Å². The minimum atomic E-state index is -0.653. The lowest BCUT2D eigenvalue weighted by Gasteiger charge is -2.64. The Morgan fingerprint density at radius 1 is 1.05 bits per heavy atom. The SMILES string of the molecule is CN[C@H]1[C@@H](C)O[C@H](O[C@H]2CC[C@@]3(C)[C@H](CC[C@@H]4[C@@H]3CC[C@]3(C)[C@@H](C5=CC(=O)OC5)CC[C@]43O)C2)C[C@H]1OC. The average Bonchev–Trinajstić information content (AvgIpc) is 3.43. The van der Waals surface area contributed by atoms with E-state index in [1.807, 2.05) is 7.05 Å². The van der Waals surface area contributed by atoms with Gasteiger partial charge >= 0.3 is 5.97 Å². The third-order valence-electron chi connectivity index (χ3n) is 12.6. The Morgan fingerprint density at radius 3 is 2.58 bits per heavy atom. The van der Waals surface area contributed by atoms with Gasteiger partial charge in [-0.3, -0.25) is 0 Å². The van der Waals surface area contributed by atoms with Crippen molar-refractivity contribution in [2.75, 3.05) is 20.8 Å². The minimum absolute atomic E-state index is 0.0465. The molecule has 4 saturated carbocycles. The zero-order chi connectivity index (χ0) is 26.9. The molecule has 1 saturated heterocycles. The second kappa shape index (κ2) is 9.83. The fourth-order valence-electron chi connectivity index (χ4n) is 10.5. The van der Waals surface area contributed by atoms with Crippen LogP contribution in [0, 0.1) is 34.5 Å². The number of aliphatic hydroxyl groups is 1. The molecule has 2 heterocycles. The molecule has 38 heavy (non-hydrogen) atoms. The molecule has 0 aromatic heterocycles. The first kappa shape index (κ1) is 27.2. The Morgan fingerprint density at radius 2 is 1.87 bits per heavy atom. The molecule has 0 aromatic carbocycles. The summed E-state index contributed by atoms with van der Waals surface area (Å²) in [4.78, 5) is 11.8. The average molecular weight is 532 g/mol. The Balaban J connectivity index is 1.14. The lowest BCUT2D eigenvalue weighted by molar-refractivity contribution is -0.256. The van der Waals surface area contributed by atoms with E-state index in [9.17, 15) is 9.90 Å². The van der Waals surface area contributed by atoms with E-state index in [2.05, 4.69) is 26.1 Å². The van der Waals surface area contributed by atoms with Gasteiger partial charge in [-0.2, -0.15) is 0 Å². The van der Waals surface area contributed by atoms with Gasteiger partial charge in [-0.05, 0) is 106 Å². The number of fused-ring (bicyclic) bond motifs is 5. The Hall–Kier alpha value is -0.990. The first-order valence-corrected chi connectivity index (χ1v) is 15.2. The first-order chi connectivity index (χ1) is 18.1. The van der Waals surface area contributed by atoms with E-state index in [0.29, 0.717) is 24.4 Å². The summed E-state index contributed by atoms with van der Waals surface area (Å²) >= 11 is 0. The predicted molar refractivity (Wildman–Crippen MR) is 143 cm³/mol. The van der Waals surface area contributed by atoms with Crippen molar-refractivity contribution in [3.63, 3.8) is 0 Å². The summed E-state index contributed by atoms with van der Waals surface area (Å²) in [6, 6.07) is 0.181. The van der Waals surface area contributed by atoms with Crippen LogP contribution in [0.5, 0.6) is 0 Å². The maximum Gasteiger partial charge on any atom is 0.331 e. The van der Waals surface area contributed by atoms with E-state index in [1.165, 1.54) is 6.42 Å². The molecule has 6 rings (SSSR count). The number of esters is 1. The molecule has 0 aromatic rings. The Bertz CT molecular complexity index is 955. The van der Waals surface area contributed by atoms with Crippen molar-refractivity contribution in [2.45, 2.75) is 121 Å². The van der Waals surface area contributed by atoms with Gasteiger partial charge in [0.15, 0.2) is 6.29 Å². The quantitative estimate of drug-likeness (QED) is 0.403. The smallest absolute Gasteiger partial charge is 0.331 e. The standard InChI is InChI=1S/C31H49NO6/c1-18-28(32-4)25(35-5)16-27(37-18)38-21-8-11-29(2)20(15-21)6-7-24-23(29)9-12-30(3)22(10-13-31(24,30)34)19-14-26(33)36-17-19/h14,18,20-25,27-28,32,34H,6-13,15-17H2,1-5H3/t18-,20-,21+,22-,23+,24-,25-,27-,28+,29+,30-,31+/m1/s1. The topological polar surface area (TPSA) is 86.3 Å². The number of cyclic esters (lactones) is 1. The Labute approximate surface area is 228 Å². The van der Waals surface area contributed by atoms with Crippen LogP contribution in [-0.4, -0.2) is 68.1 Å². The highest BCUT2D eigenvalue weighted by molar-refractivity contribution is 5.85. The third-order valence-corrected chi connectivity index (χ3v) is 12.6. The molecule has 12 atom stereocenters. The molecule has 7 heteroatoms. The minimum Gasteiger partial charge on any atom is -0.458 e. The fourth-order valence-corrected chi connectivity index (χ4v) is 10.5. The van der Waals surface area contributed by atoms with Gasteiger partial charge in [-0.15, -0.1) is 0 Å². The van der Waals surface area contributed by atoms with Gasteiger partial charge in [0, 0.05) is 25.0 Å². The first-order valence-electron chi connectivity index (χ1n) is 15.2. The highest BCUT2D eigenvalue weighted by atomic mass is 16.7. The molecule has 214 valence electrons. The molecule has 0 radical (unpaired) electrons. The zero-order valence-electron chi connectivity index (χ0n) is 24.0. The van der Waals surface area contributed by atoms with Gasteiger partial charge in [0.2, 0.25) is 0 Å². The number of ether oxygens (including phenoxy) is 4. The molecular weight excluding hydrogens is 482 g/mol. The van der Waals surface area contributed by atoms with Gasteiger partial charge in [0.1, 0.15) is 6.61 Å². The van der Waals surface area contributed by atoms with Crippen molar-refractivity contribution >= 4 is 5.97 Å². The van der Waals surface area contributed by atoms with Crippen LogP contribution in [0.15, 0.2) is 11.6 Å². The van der Waals surface area contributed by atoms with Crippen molar-refractivity contribution in [3.05, 3.63) is 11.6 Å². The second-order valence-corrected chi connectivity index (χ2v) is 13.9. The molecular formula is C31H49NO6. The fraction of sp³-hybridized carbons (Fsp3) is 0.903. The van der Waals surface area contributed by atoms with Crippen molar-refractivity contribution in [3.8, 4) is 0 Å². The molecule has 4 aliphatic carbocycles. The summed E-state index contributed by atoms with van der Waals surface area (Å²) in [7, 11) is 3.75. The third kappa shape index (κ3) is 4.05. The Kier molecular flexibility index (Phi) is 7.03. The lowest BCUT2D eigenvalue weighted by atomic mass is 9.43. The molecule has 2 aliphatic heterocycles. The highest BCUT2D eigenvalue weighted by Gasteiger charge is 2.67. The van der Waals surface area contributed by atoms with Gasteiger partial charge < -0.3 is 29.4 Å². The number of methoxy groups -OCH3 is 1. The maximum atomic E-state index is 12.4. The lowest BCUT2D eigenvalue weighted by Crippen LogP contribution is -2.62. The van der Waals surface area contributed by atoms with Gasteiger partial charge in [-0.1, -0.05) is 13.8 Å². The molecule has 0 bridgehead atoms. The summed E-state index contributed by atoms with van der Waals surface area (Å²) in [5.74, 6) is 1.56. The van der Waals surface area contributed by atoms with Crippen LogP contribution < -0.4 is 5.32 Å². The van der Waals surface area contributed by atoms with E-state index in [1.54, 1.807) is 13.2 Å².